The van der Waals surface area contributed by atoms with E-state index in [9.17, 15) is 14.4 Å². The lowest BCUT2D eigenvalue weighted by atomic mass is 10.0. The Hall–Kier alpha value is -2.94. The van der Waals surface area contributed by atoms with Crippen LogP contribution in [0.5, 0.6) is 0 Å². The first kappa shape index (κ1) is 26.3. The molecule has 0 aliphatic heterocycles. The Kier molecular flexibility index (Phi) is 9.40. The second kappa shape index (κ2) is 11.8. The number of esters is 1. The zero-order valence-corrected chi connectivity index (χ0v) is 20.8. The average molecular weight is 476 g/mol. The standard InChI is InChI=1S/C24H33N3O5S/c1-7-31-22(29)18-14-33-21(26-18)17(13-16-11-9-8-10-12-16)25-20(28)19(15(2)3)27-23(30)32-24(4,5)6/h8-12,14-15,17,19H,7,13H2,1-6H3,(H,25,28)(H,27,30)/t17-,19+/m1/s1. The molecule has 0 bridgehead atoms. The highest BCUT2D eigenvalue weighted by atomic mass is 32.1. The Morgan fingerprint density at radius 3 is 2.33 bits per heavy atom. The van der Waals surface area contributed by atoms with Crippen molar-refractivity contribution in [1.82, 2.24) is 15.6 Å². The van der Waals surface area contributed by atoms with E-state index in [1.165, 1.54) is 11.3 Å². The van der Waals surface area contributed by atoms with Gasteiger partial charge < -0.3 is 20.1 Å². The van der Waals surface area contributed by atoms with Crippen molar-refractivity contribution in [3.8, 4) is 0 Å². The normalized spacial score (nSPS) is 13.2. The number of nitrogens with one attached hydrogen (secondary N) is 2. The molecule has 0 unspecified atom stereocenters. The third-order valence-electron chi connectivity index (χ3n) is 4.53. The maximum Gasteiger partial charge on any atom is 0.408 e. The highest BCUT2D eigenvalue weighted by Gasteiger charge is 2.30. The van der Waals surface area contributed by atoms with Gasteiger partial charge >= 0.3 is 12.1 Å². The summed E-state index contributed by atoms with van der Waals surface area (Å²) in [5.41, 5.74) is 0.524. The molecule has 2 rings (SSSR count). The van der Waals surface area contributed by atoms with Gasteiger partial charge in [-0.3, -0.25) is 4.79 Å². The van der Waals surface area contributed by atoms with E-state index < -0.39 is 29.7 Å². The minimum absolute atomic E-state index is 0.179. The molecule has 2 amide bonds. The fourth-order valence-electron chi connectivity index (χ4n) is 3.03. The van der Waals surface area contributed by atoms with E-state index in [0.29, 0.717) is 11.4 Å². The number of carbonyl (C=O) groups excluding carboxylic acids is 3. The van der Waals surface area contributed by atoms with Crippen LogP contribution in [0.4, 0.5) is 4.79 Å². The topological polar surface area (TPSA) is 107 Å². The number of benzene rings is 1. The molecule has 0 radical (unpaired) electrons. The van der Waals surface area contributed by atoms with Crippen LogP contribution in [-0.4, -0.2) is 41.2 Å². The lowest BCUT2D eigenvalue weighted by molar-refractivity contribution is -0.125. The van der Waals surface area contributed by atoms with Gasteiger partial charge in [-0.15, -0.1) is 11.3 Å². The van der Waals surface area contributed by atoms with Crippen LogP contribution >= 0.6 is 11.3 Å². The first-order chi connectivity index (χ1) is 15.5. The molecular weight excluding hydrogens is 442 g/mol. The second-order valence-corrected chi connectivity index (χ2v) is 9.80. The average Bonchev–Trinajstić information content (AvgIpc) is 3.21. The van der Waals surface area contributed by atoms with Crippen molar-refractivity contribution < 1.29 is 23.9 Å². The number of hydrogen-bond donors (Lipinski definition) is 2. The quantitative estimate of drug-likeness (QED) is 0.525. The summed E-state index contributed by atoms with van der Waals surface area (Å²) in [6.45, 7) is 10.9. The van der Waals surface area contributed by atoms with Gasteiger partial charge in [0.05, 0.1) is 12.6 Å². The Labute approximate surface area is 199 Å². The van der Waals surface area contributed by atoms with E-state index in [2.05, 4.69) is 15.6 Å². The number of rotatable bonds is 9. The molecule has 2 atom stereocenters. The van der Waals surface area contributed by atoms with Crippen LogP contribution in [0.2, 0.25) is 0 Å². The summed E-state index contributed by atoms with van der Waals surface area (Å²) in [4.78, 5) is 42.0. The molecule has 0 saturated carbocycles. The first-order valence-electron chi connectivity index (χ1n) is 11.0. The van der Waals surface area contributed by atoms with Crippen LogP contribution in [0.3, 0.4) is 0 Å². The fourth-order valence-corrected chi connectivity index (χ4v) is 3.87. The number of amides is 2. The Morgan fingerprint density at radius 2 is 1.76 bits per heavy atom. The van der Waals surface area contributed by atoms with Gasteiger partial charge in [0.15, 0.2) is 5.69 Å². The van der Waals surface area contributed by atoms with Crippen LogP contribution in [0.1, 0.15) is 68.6 Å². The molecule has 0 aliphatic rings. The van der Waals surface area contributed by atoms with Gasteiger partial charge in [-0.05, 0) is 45.6 Å². The number of hydrogen-bond acceptors (Lipinski definition) is 7. The second-order valence-electron chi connectivity index (χ2n) is 8.91. The van der Waals surface area contributed by atoms with Crippen LogP contribution in [-0.2, 0) is 20.7 Å². The van der Waals surface area contributed by atoms with E-state index in [4.69, 9.17) is 9.47 Å². The zero-order valence-electron chi connectivity index (χ0n) is 20.0. The summed E-state index contributed by atoms with van der Waals surface area (Å²) in [7, 11) is 0. The summed E-state index contributed by atoms with van der Waals surface area (Å²) >= 11 is 1.28. The summed E-state index contributed by atoms with van der Waals surface area (Å²) in [5, 5.41) is 7.87. The zero-order chi connectivity index (χ0) is 24.6. The SMILES string of the molecule is CCOC(=O)c1csc([C@@H](Cc2ccccc2)NC(=O)[C@@H](NC(=O)OC(C)(C)C)C(C)C)n1. The van der Waals surface area contributed by atoms with Crippen molar-refractivity contribution in [1.29, 1.82) is 0 Å². The van der Waals surface area contributed by atoms with Gasteiger partial charge in [0.2, 0.25) is 5.91 Å². The van der Waals surface area contributed by atoms with Crippen LogP contribution in [0.15, 0.2) is 35.7 Å². The molecule has 33 heavy (non-hydrogen) atoms. The number of ether oxygens (including phenoxy) is 2. The van der Waals surface area contributed by atoms with E-state index in [-0.39, 0.29) is 24.1 Å². The van der Waals surface area contributed by atoms with Gasteiger partial charge in [-0.1, -0.05) is 44.2 Å². The van der Waals surface area contributed by atoms with Crippen molar-refractivity contribution in [2.45, 2.75) is 65.6 Å². The number of nitrogens with zero attached hydrogens (tertiary/aromatic N) is 1. The van der Waals surface area contributed by atoms with Gasteiger partial charge in [0, 0.05) is 5.38 Å². The number of thiazole rings is 1. The molecule has 2 aromatic rings. The van der Waals surface area contributed by atoms with E-state index in [0.717, 1.165) is 5.56 Å². The van der Waals surface area contributed by atoms with Gasteiger partial charge in [0.25, 0.3) is 0 Å². The molecule has 1 heterocycles. The number of aromatic nitrogens is 1. The van der Waals surface area contributed by atoms with Crippen LogP contribution < -0.4 is 10.6 Å². The Balaban J connectivity index is 2.24. The summed E-state index contributed by atoms with van der Waals surface area (Å²) in [5.74, 6) is -1.04. The molecule has 8 nitrogen and oxygen atoms in total. The summed E-state index contributed by atoms with van der Waals surface area (Å²) in [6, 6.07) is 8.37. The molecule has 1 aromatic heterocycles. The van der Waals surface area contributed by atoms with E-state index >= 15 is 0 Å². The molecule has 0 aliphatic carbocycles. The van der Waals surface area contributed by atoms with Crippen molar-refractivity contribution in [3.63, 3.8) is 0 Å². The largest absolute Gasteiger partial charge is 0.461 e. The summed E-state index contributed by atoms with van der Waals surface area (Å²) in [6.07, 6.45) is -0.186. The van der Waals surface area contributed by atoms with Gasteiger partial charge in [-0.25, -0.2) is 14.6 Å². The summed E-state index contributed by atoms with van der Waals surface area (Å²) < 4.78 is 10.3. The van der Waals surface area contributed by atoms with Crippen LogP contribution in [0.25, 0.3) is 0 Å². The monoisotopic (exact) mass is 475 g/mol. The Bertz CT molecular complexity index is 937. The van der Waals surface area contributed by atoms with Gasteiger partial charge in [0.1, 0.15) is 16.7 Å². The molecule has 0 spiro atoms. The molecule has 180 valence electrons. The van der Waals surface area contributed by atoms with Crippen molar-refractivity contribution in [2.75, 3.05) is 6.61 Å². The predicted molar refractivity (Wildman–Crippen MR) is 127 cm³/mol. The number of alkyl carbamates (subject to hydrolysis) is 1. The van der Waals surface area contributed by atoms with Crippen molar-refractivity contribution in [2.24, 2.45) is 5.92 Å². The lowest BCUT2D eigenvalue weighted by Gasteiger charge is -2.27. The van der Waals surface area contributed by atoms with Gasteiger partial charge in [-0.2, -0.15) is 0 Å². The van der Waals surface area contributed by atoms with Crippen LogP contribution in [0, 0.1) is 5.92 Å². The first-order valence-corrected chi connectivity index (χ1v) is 11.8. The molecule has 2 N–H and O–H groups in total. The van der Waals surface area contributed by atoms with E-state index in [1.807, 2.05) is 44.2 Å². The van der Waals surface area contributed by atoms with Crippen molar-refractivity contribution in [3.05, 3.63) is 52.0 Å². The fraction of sp³-hybridized carbons (Fsp3) is 0.500. The predicted octanol–water partition coefficient (Wildman–Crippen LogP) is 4.27. The molecular formula is C24H33N3O5S. The molecule has 0 fully saturated rings. The Morgan fingerprint density at radius 1 is 1.09 bits per heavy atom. The highest BCUT2D eigenvalue weighted by Crippen LogP contribution is 2.23. The minimum atomic E-state index is -0.803. The highest BCUT2D eigenvalue weighted by molar-refractivity contribution is 7.09. The number of carbonyl (C=O) groups is 3. The maximum atomic E-state index is 13.2. The van der Waals surface area contributed by atoms with E-state index in [1.54, 1.807) is 33.1 Å². The lowest BCUT2D eigenvalue weighted by Crippen LogP contribution is -2.51. The maximum absolute atomic E-state index is 13.2. The third-order valence-corrected chi connectivity index (χ3v) is 5.48. The smallest absolute Gasteiger partial charge is 0.408 e. The third kappa shape index (κ3) is 8.49. The van der Waals surface area contributed by atoms with Crippen molar-refractivity contribution >= 4 is 29.3 Å². The molecule has 1 aromatic carbocycles. The molecule has 9 heteroatoms. The minimum Gasteiger partial charge on any atom is -0.461 e. The molecule has 0 saturated heterocycles.